The summed E-state index contributed by atoms with van der Waals surface area (Å²) in [6.45, 7) is 14.5. The first-order valence-electron chi connectivity index (χ1n) is 14.8. The number of hydrogen-bond donors (Lipinski definition) is 1. The van der Waals surface area contributed by atoms with Crippen LogP contribution in [-0.4, -0.2) is 90.2 Å². The summed E-state index contributed by atoms with van der Waals surface area (Å²) >= 11 is 0. The Labute approximate surface area is 266 Å². The molecule has 0 radical (unpaired) electrons. The van der Waals surface area contributed by atoms with Crippen LogP contribution < -0.4 is 11.2 Å². The van der Waals surface area contributed by atoms with Crippen LogP contribution in [0.2, 0.25) is 0 Å². The fourth-order valence-electron chi connectivity index (χ4n) is 4.90. The molecule has 0 aromatic carbocycles. The Hall–Kier alpha value is -1.50. The summed E-state index contributed by atoms with van der Waals surface area (Å²) in [5.74, 6) is -0.473. The van der Waals surface area contributed by atoms with Crippen LogP contribution in [0.15, 0.2) is 21.9 Å². The van der Waals surface area contributed by atoms with Gasteiger partial charge in [-0.3, -0.25) is 18.9 Å². The number of nitrogens with one attached hydrogen (secondary N) is 1. The molecule has 18 heteroatoms. The molecule has 1 N–H and O–H groups in total. The van der Waals surface area contributed by atoms with Crippen LogP contribution in [0.3, 0.4) is 0 Å². The highest BCUT2D eigenvalue weighted by molar-refractivity contribution is 7.97. The van der Waals surface area contributed by atoms with Gasteiger partial charge in [-0.15, -0.1) is 0 Å². The van der Waals surface area contributed by atoms with Gasteiger partial charge in [0.15, 0.2) is 21.6 Å². The maximum atomic E-state index is 13.4. The zero-order valence-electron chi connectivity index (χ0n) is 27.4. The smallest absolute Gasteiger partial charge is 0.346 e. The van der Waals surface area contributed by atoms with E-state index in [-0.39, 0.29) is 31.5 Å². The number of nitrogens with zero attached hydrogens (tertiary/aromatic N) is 3. The molecule has 0 aliphatic carbocycles. The van der Waals surface area contributed by atoms with Crippen molar-refractivity contribution in [3.8, 4) is 6.07 Å². The van der Waals surface area contributed by atoms with E-state index in [9.17, 15) is 22.6 Å². The first-order valence-corrected chi connectivity index (χ1v) is 19.5. The summed E-state index contributed by atoms with van der Waals surface area (Å²) in [6, 6.07) is 3.14. The number of rotatable bonds is 19. The SMILES string of the molecule is CO[C@@H]1[C@H](OP(OCCC#N)N(C(C)C)C(C)C)[C@@H](CCS(=O)(=O)CP(=O)(OC(C)C)OC(C)C)O[C@H]1n1ccc(=O)[nH]c1=O. The Bertz CT molecular complexity index is 1370. The average Bonchev–Trinajstić information content (AvgIpc) is 3.22. The topological polar surface area (TPSA) is 188 Å². The van der Waals surface area contributed by atoms with Crippen molar-refractivity contribution in [2.24, 2.45) is 0 Å². The van der Waals surface area contributed by atoms with Crippen LogP contribution in [0.4, 0.5) is 0 Å². The van der Waals surface area contributed by atoms with Crippen molar-refractivity contribution in [2.45, 2.75) is 117 Å². The molecule has 45 heavy (non-hydrogen) atoms. The molecule has 2 rings (SSSR count). The third kappa shape index (κ3) is 11.9. The van der Waals surface area contributed by atoms with Gasteiger partial charge in [-0.25, -0.2) is 17.9 Å². The van der Waals surface area contributed by atoms with Crippen LogP contribution in [0.1, 0.15) is 74.5 Å². The van der Waals surface area contributed by atoms with E-state index in [0.717, 1.165) is 10.6 Å². The molecule has 0 saturated carbocycles. The van der Waals surface area contributed by atoms with E-state index < -0.39 is 85.2 Å². The number of aromatic nitrogens is 2. The van der Waals surface area contributed by atoms with Crippen molar-refractivity contribution in [2.75, 3.05) is 25.0 Å². The third-order valence-electron chi connectivity index (χ3n) is 6.37. The number of ether oxygens (including phenoxy) is 2. The van der Waals surface area contributed by atoms with Crippen LogP contribution in [-0.2, 0) is 42.0 Å². The van der Waals surface area contributed by atoms with Gasteiger partial charge < -0.3 is 27.6 Å². The largest absolute Gasteiger partial charge is 0.374 e. The van der Waals surface area contributed by atoms with Gasteiger partial charge in [0.25, 0.3) is 14.1 Å². The number of sulfone groups is 1. The molecule has 2 heterocycles. The van der Waals surface area contributed by atoms with Crippen LogP contribution in [0.5, 0.6) is 0 Å². The van der Waals surface area contributed by atoms with Gasteiger partial charge in [-0.1, -0.05) is 0 Å². The van der Waals surface area contributed by atoms with Crippen molar-refractivity contribution >= 4 is 26.0 Å². The summed E-state index contributed by atoms with van der Waals surface area (Å²) < 4.78 is 78.7. The second-order valence-electron chi connectivity index (χ2n) is 11.7. The minimum Gasteiger partial charge on any atom is -0.374 e. The summed E-state index contributed by atoms with van der Waals surface area (Å²) in [5, 5.41) is 9.10. The van der Waals surface area contributed by atoms with E-state index in [4.69, 9.17) is 32.8 Å². The van der Waals surface area contributed by atoms with Crippen molar-refractivity contribution in [1.29, 1.82) is 5.26 Å². The molecule has 1 fully saturated rings. The highest BCUT2D eigenvalue weighted by Crippen LogP contribution is 2.53. The number of aromatic amines is 1. The lowest BCUT2D eigenvalue weighted by Gasteiger charge is -2.38. The Morgan fingerprint density at radius 1 is 1.09 bits per heavy atom. The fraction of sp³-hybridized carbons (Fsp3) is 0.815. The van der Waals surface area contributed by atoms with E-state index in [1.54, 1.807) is 27.7 Å². The molecule has 0 spiro atoms. The molecule has 1 aromatic rings. The Morgan fingerprint density at radius 3 is 2.18 bits per heavy atom. The van der Waals surface area contributed by atoms with E-state index in [2.05, 4.69) is 4.98 Å². The van der Waals surface area contributed by atoms with E-state index in [1.165, 1.54) is 13.3 Å². The number of methoxy groups -OCH3 is 1. The zero-order chi connectivity index (χ0) is 34.1. The molecule has 1 aromatic heterocycles. The lowest BCUT2D eigenvalue weighted by Crippen LogP contribution is -2.41. The Kier molecular flexibility index (Phi) is 15.5. The van der Waals surface area contributed by atoms with Gasteiger partial charge in [0.1, 0.15) is 12.2 Å². The molecule has 0 bridgehead atoms. The van der Waals surface area contributed by atoms with Gasteiger partial charge in [-0.2, -0.15) is 5.26 Å². The molecule has 5 atom stereocenters. The Morgan fingerprint density at radius 2 is 1.69 bits per heavy atom. The zero-order valence-corrected chi connectivity index (χ0v) is 30.0. The first-order chi connectivity index (χ1) is 20.9. The van der Waals surface area contributed by atoms with Crippen molar-refractivity contribution < 1.29 is 40.6 Å². The van der Waals surface area contributed by atoms with Crippen molar-refractivity contribution in [3.05, 3.63) is 33.1 Å². The highest BCUT2D eigenvalue weighted by atomic mass is 32.2. The van der Waals surface area contributed by atoms with E-state index in [0.29, 0.717) is 0 Å². The van der Waals surface area contributed by atoms with Crippen LogP contribution >= 0.6 is 16.1 Å². The number of nitriles is 1. The highest BCUT2D eigenvalue weighted by Gasteiger charge is 2.50. The molecule has 258 valence electrons. The van der Waals surface area contributed by atoms with Crippen LogP contribution in [0, 0.1) is 11.3 Å². The molecular formula is C27H48N4O11P2S. The maximum absolute atomic E-state index is 13.4. The Balaban J connectivity index is 2.49. The summed E-state index contributed by atoms with van der Waals surface area (Å²) in [7, 11) is -8.46. The second kappa shape index (κ2) is 17.6. The molecular weight excluding hydrogens is 650 g/mol. The van der Waals surface area contributed by atoms with Crippen LogP contribution in [0.25, 0.3) is 0 Å². The monoisotopic (exact) mass is 698 g/mol. The minimum absolute atomic E-state index is 0.0333. The summed E-state index contributed by atoms with van der Waals surface area (Å²) in [6.07, 6.45) is -3.76. The average molecular weight is 699 g/mol. The van der Waals surface area contributed by atoms with E-state index >= 15 is 0 Å². The maximum Gasteiger partial charge on any atom is 0.346 e. The molecule has 1 aliphatic heterocycles. The van der Waals surface area contributed by atoms with E-state index in [1.807, 2.05) is 38.4 Å². The standard InChI is InChI=1S/C27H48N4O11P2S/c1-18(2)31(19(3)4)43(38-15-10-13-28)40-24-22(39-26(25(24)37-9)30-14-11-23(32)29-27(30)33)12-16-45(35,36)17-44(34,41-20(5)6)42-21(7)8/h11,14,18-22,24-26H,10,12,15-17H2,1-9H3,(H,29,32,33)/t22-,24-,25-,26-,43?/m1/s1. The second-order valence-corrected chi connectivity index (χ2v) is 17.7. The lowest BCUT2D eigenvalue weighted by molar-refractivity contribution is -0.0538. The lowest BCUT2D eigenvalue weighted by atomic mass is 10.1. The van der Waals surface area contributed by atoms with Gasteiger partial charge >= 0.3 is 13.3 Å². The van der Waals surface area contributed by atoms with Gasteiger partial charge in [0.2, 0.25) is 0 Å². The normalized spacial score (nSPS) is 21.8. The van der Waals surface area contributed by atoms with Gasteiger partial charge in [-0.05, 0) is 61.8 Å². The molecule has 1 saturated heterocycles. The van der Waals surface area contributed by atoms with Crippen molar-refractivity contribution in [3.63, 3.8) is 0 Å². The summed E-state index contributed by atoms with van der Waals surface area (Å²) in [4.78, 5) is 26.7. The quantitative estimate of drug-likeness (QED) is 0.162. The van der Waals surface area contributed by atoms with Gasteiger partial charge in [0.05, 0.1) is 43.2 Å². The first kappa shape index (κ1) is 39.7. The molecule has 15 nitrogen and oxygen atoms in total. The molecule has 1 unspecified atom stereocenters. The fourth-order valence-corrected chi connectivity index (χ4v) is 11.5. The molecule has 1 aliphatic rings. The minimum atomic E-state index is -4.03. The van der Waals surface area contributed by atoms with Crippen molar-refractivity contribution in [1.82, 2.24) is 14.2 Å². The summed E-state index contributed by atoms with van der Waals surface area (Å²) in [5.41, 5.74) is -2.18. The molecule has 0 amide bonds. The predicted octanol–water partition coefficient (Wildman–Crippen LogP) is 3.92. The third-order valence-corrected chi connectivity index (χ3v) is 13.7. The number of hydrogen-bond acceptors (Lipinski definition) is 13. The van der Waals surface area contributed by atoms with Gasteiger partial charge in [0, 0.05) is 31.5 Å². The predicted molar refractivity (Wildman–Crippen MR) is 169 cm³/mol. The number of H-pyrrole nitrogens is 1.